The molecule has 0 N–H and O–H groups in total. The largest absolute Gasteiger partial charge is 0.184 e. The van der Waals surface area contributed by atoms with Gasteiger partial charge in [0, 0.05) is 0 Å². The summed E-state index contributed by atoms with van der Waals surface area (Å²) in [7, 11) is 7.80. The summed E-state index contributed by atoms with van der Waals surface area (Å²) in [5.41, 5.74) is 8.73. The minimum absolute atomic E-state index is 0.105. The van der Waals surface area contributed by atoms with Gasteiger partial charge in [0.1, 0.15) is 0 Å². The first kappa shape index (κ1) is 38.4. The van der Waals surface area contributed by atoms with Crippen LogP contribution in [0, 0.1) is 12.0 Å². The number of benzene rings is 4. The average Bonchev–Trinajstić information content (AvgIpc) is 3.56. The number of rotatable bonds is 5. The summed E-state index contributed by atoms with van der Waals surface area (Å²) in [6, 6.07) is 35.4. The zero-order valence-electron chi connectivity index (χ0n) is 30.1. The summed E-state index contributed by atoms with van der Waals surface area (Å²) in [5, 5.41) is 8.84. The third-order valence-electron chi connectivity index (χ3n) is 8.69. The van der Waals surface area contributed by atoms with E-state index in [1.165, 1.54) is 54.5 Å². The van der Waals surface area contributed by atoms with Gasteiger partial charge in [0.25, 0.3) is 0 Å². The molecule has 1 aliphatic rings. The molecule has 244 valence electrons. The van der Waals surface area contributed by atoms with Gasteiger partial charge >= 0.3 is 37.9 Å². The molecule has 0 amide bonds. The standard InChI is InChI=1S/C29H43Si2.C12H7Si.2ClH.Zr/c1-20(2)14-21-15-22-12-13-27(29(3,4)5)28(26(22)16-21)23-17-24(30(6,7)8)19-25(18-23)31(9,10)11;1-3-7-11-9(5-1)10-6-2-4-8-12(10)13-11;;;/h12-13,15-20H,14H2,1-11H3;1-7H;2*1H;/q2*-1;;;+4/p-2. The van der Waals surface area contributed by atoms with Crippen molar-refractivity contribution in [3.05, 3.63) is 102 Å². The average molecular weight is 789 g/mol. The number of halogens is 2. The topological polar surface area (TPSA) is 0 Å². The quantitative estimate of drug-likeness (QED) is 0.121. The fraction of sp³-hybridized carbons (Fsp3) is 0.341. The predicted octanol–water partition coefficient (Wildman–Crippen LogP) is 10.3. The summed E-state index contributed by atoms with van der Waals surface area (Å²) in [4.78, 5) is 0. The molecular weight excluding hydrogens is 739 g/mol. The zero-order valence-corrected chi connectivity index (χ0v) is 37.1. The number of hydrogen-bond donors (Lipinski definition) is 0. The van der Waals surface area contributed by atoms with Crippen LogP contribution >= 0.6 is 17.0 Å². The van der Waals surface area contributed by atoms with E-state index in [1.54, 1.807) is 10.4 Å². The van der Waals surface area contributed by atoms with Crippen LogP contribution in [0.2, 0.25) is 39.3 Å². The molecule has 2 radical (unpaired) electrons. The maximum Gasteiger partial charge on any atom is 0.0920 e. The van der Waals surface area contributed by atoms with Gasteiger partial charge in [-0.1, -0.05) is 149 Å². The van der Waals surface area contributed by atoms with Gasteiger partial charge in [0.2, 0.25) is 0 Å². The first-order valence-electron chi connectivity index (χ1n) is 16.7. The van der Waals surface area contributed by atoms with Crippen molar-refractivity contribution in [2.24, 2.45) is 5.92 Å². The van der Waals surface area contributed by atoms with Gasteiger partial charge < -0.3 is 0 Å². The molecular formula is C41H50Cl2Si3Zr. The van der Waals surface area contributed by atoms with Gasteiger partial charge in [-0.25, -0.2) is 0 Å². The molecule has 6 heteroatoms. The minimum Gasteiger partial charge on any atom is -0.184 e. The van der Waals surface area contributed by atoms with Crippen molar-refractivity contribution in [3.63, 3.8) is 0 Å². The number of hydrogen-bond acceptors (Lipinski definition) is 0. The Bertz CT molecular complexity index is 1740. The summed E-state index contributed by atoms with van der Waals surface area (Å²) in [6.45, 7) is 26.6. The normalized spacial score (nSPS) is 12.5. The SMILES string of the molecule is CC(C)Cc1cc2c(-c3cc([Si](C)(C)C)cc([Si](C)(C)C)c3)c(C(C)(C)C)ccc2[cH-]1.[Cl][Zr+2][Cl].[c-]1cccc2c1[Si]c1ccccc1-2. The van der Waals surface area contributed by atoms with Crippen LogP contribution in [0.15, 0.2) is 84.9 Å². The predicted molar refractivity (Wildman–Crippen MR) is 216 cm³/mol. The molecule has 0 aromatic heterocycles. The first-order chi connectivity index (χ1) is 21.9. The van der Waals surface area contributed by atoms with Crippen molar-refractivity contribution >= 4 is 74.2 Å². The Labute approximate surface area is 308 Å². The third-order valence-corrected chi connectivity index (χ3v) is 14.1. The second kappa shape index (κ2) is 15.7. The third kappa shape index (κ3) is 9.65. The molecule has 1 aliphatic heterocycles. The van der Waals surface area contributed by atoms with Crippen molar-refractivity contribution in [1.82, 2.24) is 0 Å². The Hall–Kier alpha value is -1.40. The molecule has 0 atom stereocenters. The van der Waals surface area contributed by atoms with E-state index < -0.39 is 37.0 Å². The second-order valence-corrected chi connectivity index (χ2v) is 31.4. The van der Waals surface area contributed by atoms with Gasteiger partial charge in [-0.2, -0.15) is 35.5 Å². The van der Waals surface area contributed by atoms with Crippen LogP contribution in [-0.2, 0) is 32.7 Å². The molecule has 0 aliphatic carbocycles. The molecule has 47 heavy (non-hydrogen) atoms. The van der Waals surface area contributed by atoms with Crippen molar-refractivity contribution < 1.29 is 20.8 Å². The maximum atomic E-state index is 4.93. The second-order valence-electron chi connectivity index (χ2n) is 16.2. The molecule has 6 rings (SSSR count). The molecule has 0 unspecified atom stereocenters. The minimum atomic E-state index is -1.43. The monoisotopic (exact) mass is 786 g/mol. The van der Waals surface area contributed by atoms with E-state index in [0.29, 0.717) is 5.92 Å². The molecule has 0 bridgehead atoms. The Morgan fingerprint density at radius 1 is 0.809 bits per heavy atom. The van der Waals surface area contributed by atoms with Crippen LogP contribution in [-0.4, -0.2) is 25.7 Å². The van der Waals surface area contributed by atoms with E-state index in [0.717, 1.165) is 15.9 Å². The first-order valence-corrected chi connectivity index (χ1v) is 31.0. The van der Waals surface area contributed by atoms with Crippen LogP contribution in [0.1, 0.15) is 45.7 Å². The fourth-order valence-electron chi connectivity index (χ4n) is 6.23. The van der Waals surface area contributed by atoms with E-state index in [2.05, 4.69) is 159 Å². The summed E-state index contributed by atoms with van der Waals surface area (Å²) < 4.78 is 0. The van der Waals surface area contributed by atoms with E-state index in [1.807, 2.05) is 6.07 Å². The smallest absolute Gasteiger partial charge is 0.0920 e. The summed E-state index contributed by atoms with van der Waals surface area (Å²) in [5.74, 6) is 0.677. The molecule has 0 saturated heterocycles. The van der Waals surface area contributed by atoms with Crippen molar-refractivity contribution in [3.8, 4) is 22.3 Å². The fourth-order valence-corrected chi connectivity index (χ4v) is 10.0. The van der Waals surface area contributed by atoms with Gasteiger partial charge in [-0.15, -0.1) is 40.1 Å². The Morgan fingerprint density at radius 3 is 1.98 bits per heavy atom. The number of fused-ring (bicyclic) bond motifs is 4. The van der Waals surface area contributed by atoms with Crippen molar-refractivity contribution in [2.45, 2.75) is 85.7 Å². The zero-order chi connectivity index (χ0) is 34.7. The molecule has 0 spiro atoms. The molecule has 5 aromatic rings. The van der Waals surface area contributed by atoms with Gasteiger partial charge in [0.05, 0.1) is 25.7 Å². The Morgan fingerprint density at radius 2 is 1.40 bits per heavy atom. The Balaban J connectivity index is 0.000000255. The van der Waals surface area contributed by atoms with Crippen LogP contribution in [0.5, 0.6) is 0 Å². The van der Waals surface area contributed by atoms with Gasteiger partial charge in [0.15, 0.2) is 0 Å². The van der Waals surface area contributed by atoms with E-state index in [4.69, 9.17) is 17.0 Å². The van der Waals surface area contributed by atoms with E-state index in [9.17, 15) is 0 Å². The van der Waals surface area contributed by atoms with Crippen LogP contribution < -0.4 is 20.7 Å². The Kier molecular flexibility index (Phi) is 12.8. The van der Waals surface area contributed by atoms with E-state index in [-0.39, 0.29) is 5.41 Å². The molecule has 5 aromatic carbocycles. The maximum absolute atomic E-state index is 4.93. The van der Waals surface area contributed by atoms with Gasteiger partial charge in [-0.05, 0) is 23.3 Å². The molecule has 1 heterocycles. The van der Waals surface area contributed by atoms with E-state index >= 15 is 0 Å². The van der Waals surface area contributed by atoms with Crippen molar-refractivity contribution in [2.75, 3.05) is 0 Å². The molecule has 0 saturated carbocycles. The van der Waals surface area contributed by atoms with Gasteiger partial charge in [-0.3, -0.25) is 0 Å². The molecule has 0 fully saturated rings. The van der Waals surface area contributed by atoms with Crippen LogP contribution in [0.3, 0.4) is 0 Å². The molecule has 0 nitrogen and oxygen atoms in total. The van der Waals surface area contributed by atoms with Crippen LogP contribution in [0.4, 0.5) is 0 Å². The summed E-state index contributed by atoms with van der Waals surface area (Å²) >= 11 is -0.826. The van der Waals surface area contributed by atoms with Crippen LogP contribution in [0.25, 0.3) is 33.0 Å². The summed E-state index contributed by atoms with van der Waals surface area (Å²) in [6.07, 6.45) is 1.15. The van der Waals surface area contributed by atoms with Crippen molar-refractivity contribution in [1.29, 1.82) is 0 Å².